The van der Waals surface area contributed by atoms with Gasteiger partial charge < -0.3 is 15.5 Å². The standard InChI is InChI=1S/C12H13N3O4/c16-7-8(17)6-14-11-4-3-10-9(2-1-5-13-10)12(11)15(18)19/h1-5,8,14,16-17H,6-7H2. The molecule has 100 valence electrons. The average molecular weight is 263 g/mol. The molecule has 0 amide bonds. The summed E-state index contributed by atoms with van der Waals surface area (Å²) < 4.78 is 0. The molecule has 0 bridgehead atoms. The van der Waals surface area contributed by atoms with Gasteiger partial charge in [-0.2, -0.15) is 0 Å². The maximum absolute atomic E-state index is 11.2. The lowest BCUT2D eigenvalue weighted by atomic mass is 10.1. The van der Waals surface area contributed by atoms with Gasteiger partial charge in [0.25, 0.3) is 0 Å². The zero-order valence-electron chi connectivity index (χ0n) is 9.98. The number of benzene rings is 1. The molecule has 3 N–H and O–H groups in total. The summed E-state index contributed by atoms with van der Waals surface area (Å²) in [4.78, 5) is 14.7. The summed E-state index contributed by atoms with van der Waals surface area (Å²) in [6.07, 6.45) is 0.596. The van der Waals surface area contributed by atoms with E-state index >= 15 is 0 Å². The van der Waals surface area contributed by atoms with Gasteiger partial charge in [0.2, 0.25) is 0 Å². The Hall–Kier alpha value is -2.25. The number of nitro groups is 1. The van der Waals surface area contributed by atoms with Gasteiger partial charge in [-0.1, -0.05) is 0 Å². The topological polar surface area (TPSA) is 109 Å². The van der Waals surface area contributed by atoms with Gasteiger partial charge in [0.15, 0.2) is 0 Å². The summed E-state index contributed by atoms with van der Waals surface area (Å²) in [7, 11) is 0. The van der Waals surface area contributed by atoms with Gasteiger partial charge >= 0.3 is 5.69 Å². The number of hydrogen-bond donors (Lipinski definition) is 3. The maximum atomic E-state index is 11.2. The number of nitrogens with zero attached hydrogens (tertiary/aromatic N) is 2. The van der Waals surface area contributed by atoms with Crippen LogP contribution in [0, 0.1) is 10.1 Å². The van der Waals surface area contributed by atoms with Crippen LogP contribution in [0.15, 0.2) is 30.5 Å². The molecule has 0 spiro atoms. The Morgan fingerprint density at radius 1 is 1.42 bits per heavy atom. The molecule has 7 nitrogen and oxygen atoms in total. The molecule has 0 saturated carbocycles. The van der Waals surface area contributed by atoms with Crippen LogP contribution in [0.4, 0.5) is 11.4 Å². The molecule has 1 atom stereocenters. The van der Waals surface area contributed by atoms with Gasteiger partial charge in [-0.05, 0) is 24.3 Å². The van der Waals surface area contributed by atoms with Crippen molar-refractivity contribution >= 4 is 22.3 Å². The highest BCUT2D eigenvalue weighted by molar-refractivity contribution is 5.94. The van der Waals surface area contributed by atoms with Crippen LogP contribution in [0.3, 0.4) is 0 Å². The smallest absolute Gasteiger partial charge is 0.301 e. The van der Waals surface area contributed by atoms with Crippen LogP contribution in [-0.2, 0) is 0 Å². The molecule has 0 aliphatic rings. The SMILES string of the molecule is O=[N+]([O-])c1c(NCC(O)CO)ccc2ncccc12. The number of aliphatic hydroxyl groups is 2. The van der Waals surface area contributed by atoms with E-state index in [4.69, 9.17) is 5.11 Å². The highest BCUT2D eigenvalue weighted by atomic mass is 16.6. The molecule has 1 aromatic heterocycles. The highest BCUT2D eigenvalue weighted by Gasteiger charge is 2.19. The molecule has 0 aliphatic carbocycles. The van der Waals surface area contributed by atoms with Gasteiger partial charge in [-0.15, -0.1) is 0 Å². The van der Waals surface area contributed by atoms with Crippen molar-refractivity contribution in [1.29, 1.82) is 0 Å². The second-order valence-electron chi connectivity index (χ2n) is 4.01. The van der Waals surface area contributed by atoms with E-state index in [-0.39, 0.29) is 17.9 Å². The first-order chi connectivity index (χ1) is 9.13. The highest BCUT2D eigenvalue weighted by Crippen LogP contribution is 2.32. The lowest BCUT2D eigenvalue weighted by Crippen LogP contribution is -2.23. The molecule has 19 heavy (non-hydrogen) atoms. The molecule has 1 heterocycles. The van der Waals surface area contributed by atoms with Crippen molar-refractivity contribution in [1.82, 2.24) is 4.98 Å². The van der Waals surface area contributed by atoms with Gasteiger partial charge in [0.05, 0.1) is 28.5 Å². The minimum Gasteiger partial charge on any atom is -0.394 e. The van der Waals surface area contributed by atoms with Crippen molar-refractivity contribution in [3.05, 3.63) is 40.6 Å². The number of hydrogen-bond acceptors (Lipinski definition) is 6. The van der Waals surface area contributed by atoms with E-state index in [1.807, 2.05) is 0 Å². The fraction of sp³-hybridized carbons (Fsp3) is 0.250. The second kappa shape index (κ2) is 5.59. The third kappa shape index (κ3) is 2.78. The van der Waals surface area contributed by atoms with E-state index < -0.39 is 17.6 Å². The third-order valence-electron chi connectivity index (χ3n) is 2.68. The number of anilines is 1. The zero-order valence-corrected chi connectivity index (χ0v) is 9.98. The Kier molecular flexibility index (Phi) is 3.88. The Labute approximate surface area is 108 Å². The Balaban J connectivity index is 2.43. The molecular formula is C12H13N3O4. The summed E-state index contributed by atoms with van der Waals surface area (Å²) in [6, 6.07) is 6.45. The summed E-state index contributed by atoms with van der Waals surface area (Å²) in [5.74, 6) is 0. The maximum Gasteiger partial charge on any atom is 0.301 e. The van der Waals surface area contributed by atoms with Gasteiger partial charge in [0.1, 0.15) is 5.69 Å². The van der Waals surface area contributed by atoms with E-state index in [0.717, 1.165) is 0 Å². The normalized spacial score (nSPS) is 12.3. The lowest BCUT2D eigenvalue weighted by Gasteiger charge is -2.11. The van der Waals surface area contributed by atoms with E-state index in [2.05, 4.69) is 10.3 Å². The third-order valence-corrected chi connectivity index (χ3v) is 2.68. The summed E-state index contributed by atoms with van der Waals surface area (Å²) in [5.41, 5.74) is 0.733. The molecule has 2 rings (SSSR count). The molecule has 0 aliphatic heterocycles. The zero-order chi connectivity index (χ0) is 13.8. The first-order valence-electron chi connectivity index (χ1n) is 5.68. The molecule has 2 aromatic rings. The fourth-order valence-corrected chi connectivity index (χ4v) is 1.77. The number of pyridine rings is 1. The van der Waals surface area contributed by atoms with Gasteiger partial charge in [-0.25, -0.2) is 0 Å². The number of aromatic nitrogens is 1. The molecule has 1 unspecified atom stereocenters. The minimum atomic E-state index is -0.968. The number of nitro benzene ring substituents is 1. The van der Waals surface area contributed by atoms with E-state index in [0.29, 0.717) is 10.9 Å². The summed E-state index contributed by atoms with van der Waals surface area (Å²) >= 11 is 0. The molecule has 0 radical (unpaired) electrons. The average Bonchev–Trinajstić information content (AvgIpc) is 2.43. The van der Waals surface area contributed by atoms with Crippen molar-refractivity contribution in [2.24, 2.45) is 0 Å². The number of aliphatic hydroxyl groups excluding tert-OH is 2. The summed E-state index contributed by atoms with van der Waals surface area (Å²) in [6.45, 7) is -0.376. The molecular weight excluding hydrogens is 250 g/mol. The largest absolute Gasteiger partial charge is 0.394 e. The Morgan fingerprint density at radius 2 is 2.21 bits per heavy atom. The van der Waals surface area contributed by atoms with Crippen molar-refractivity contribution in [2.45, 2.75) is 6.10 Å². The fourth-order valence-electron chi connectivity index (χ4n) is 1.77. The Morgan fingerprint density at radius 3 is 2.89 bits per heavy atom. The van der Waals surface area contributed by atoms with E-state index in [1.54, 1.807) is 24.4 Å². The monoisotopic (exact) mass is 263 g/mol. The van der Waals surface area contributed by atoms with Crippen LogP contribution in [0.1, 0.15) is 0 Å². The predicted molar refractivity (Wildman–Crippen MR) is 70.0 cm³/mol. The lowest BCUT2D eigenvalue weighted by molar-refractivity contribution is -0.382. The van der Waals surface area contributed by atoms with Crippen molar-refractivity contribution in [3.8, 4) is 0 Å². The second-order valence-corrected chi connectivity index (χ2v) is 4.01. The molecule has 1 aromatic carbocycles. The number of nitrogens with one attached hydrogen (secondary N) is 1. The van der Waals surface area contributed by atoms with Crippen molar-refractivity contribution in [3.63, 3.8) is 0 Å². The quantitative estimate of drug-likeness (QED) is 0.546. The number of fused-ring (bicyclic) bond motifs is 1. The predicted octanol–water partition coefficient (Wildman–Crippen LogP) is 0.908. The Bertz CT molecular complexity index is 603. The van der Waals surface area contributed by atoms with Crippen LogP contribution in [0.5, 0.6) is 0 Å². The summed E-state index contributed by atoms with van der Waals surface area (Å²) in [5, 5.41) is 32.4. The number of rotatable bonds is 5. The van der Waals surface area contributed by atoms with Crippen LogP contribution in [0.25, 0.3) is 10.9 Å². The van der Waals surface area contributed by atoms with Crippen LogP contribution >= 0.6 is 0 Å². The van der Waals surface area contributed by atoms with E-state index in [1.165, 1.54) is 6.07 Å². The van der Waals surface area contributed by atoms with Crippen LogP contribution in [0.2, 0.25) is 0 Å². The molecule has 0 saturated heterocycles. The first-order valence-corrected chi connectivity index (χ1v) is 5.68. The van der Waals surface area contributed by atoms with Crippen molar-refractivity contribution in [2.75, 3.05) is 18.5 Å². The van der Waals surface area contributed by atoms with Gasteiger partial charge in [-0.3, -0.25) is 15.1 Å². The van der Waals surface area contributed by atoms with Gasteiger partial charge in [0, 0.05) is 12.7 Å². The van der Waals surface area contributed by atoms with Crippen LogP contribution in [-0.4, -0.2) is 39.4 Å². The van der Waals surface area contributed by atoms with Crippen molar-refractivity contribution < 1.29 is 15.1 Å². The molecule has 0 fully saturated rings. The minimum absolute atomic E-state index is 0.0309. The van der Waals surface area contributed by atoms with E-state index in [9.17, 15) is 15.2 Å². The van der Waals surface area contributed by atoms with Crippen LogP contribution < -0.4 is 5.32 Å². The molecule has 7 heteroatoms. The first kappa shape index (κ1) is 13.2.